The largest absolute Gasteiger partial charge is 0.497 e. The number of fused-ring (bicyclic) bond motifs is 1. The summed E-state index contributed by atoms with van der Waals surface area (Å²) in [6, 6.07) is 16.5. The van der Waals surface area contributed by atoms with Crippen molar-refractivity contribution < 1.29 is 4.74 Å². The quantitative estimate of drug-likeness (QED) is 0.900. The van der Waals surface area contributed by atoms with E-state index in [1.54, 1.807) is 7.11 Å². The van der Waals surface area contributed by atoms with E-state index in [-0.39, 0.29) is 0 Å². The molecule has 1 aliphatic heterocycles. The summed E-state index contributed by atoms with van der Waals surface area (Å²) < 4.78 is 5.15. The number of anilines is 1. The van der Waals surface area contributed by atoms with Crippen molar-refractivity contribution in [2.75, 3.05) is 12.4 Å². The van der Waals surface area contributed by atoms with Gasteiger partial charge in [0.05, 0.1) is 12.5 Å². The predicted molar refractivity (Wildman–Crippen MR) is 81.7 cm³/mol. The van der Waals surface area contributed by atoms with Gasteiger partial charge in [0, 0.05) is 10.6 Å². The Morgan fingerprint density at radius 1 is 1.11 bits per heavy atom. The van der Waals surface area contributed by atoms with Crippen LogP contribution in [0, 0.1) is 0 Å². The van der Waals surface area contributed by atoms with Crippen LogP contribution in [0.2, 0.25) is 0 Å². The molecule has 0 aliphatic carbocycles. The number of ether oxygens (including phenoxy) is 1. The number of rotatable bonds is 3. The molecule has 96 valence electrons. The molecule has 3 rings (SSSR count). The third-order valence-electron chi connectivity index (χ3n) is 3.02. The second-order valence-corrected chi connectivity index (χ2v) is 5.49. The van der Waals surface area contributed by atoms with Gasteiger partial charge in [-0.2, -0.15) is 0 Å². The molecule has 1 atom stereocenters. The molecule has 0 spiro atoms. The van der Waals surface area contributed by atoms with E-state index in [0.29, 0.717) is 5.37 Å². The number of para-hydroxylation sites is 1. The molecular formula is C16H15NOS. The van der Waals surface area contributed by atoms with Gasteiger partial charge in [0.15, 0.2) is 0 Å². The number of hydrogen-bond donors (Lipinski definition) is 1. The molecule has 2 aromatic carbocycles. The van der Waals surface area contributed by atoms with Crippen LogP contribution in [0.1, 0.15) is 5.56 Å². The minimum absolute atomic E-state index is 0.305. The SMILES string of the molecule is COc1ccc(/C=C/C2Nc3ccccc3S2)cc1. The molecule has 2 aromatic rings. The average molecular weight is 269 g/mol. The Morgan fingerprint density at radius 3 is 2.63 bits per heavy atom. The first kappa shape index (κ1) is 12.2. The first-order valence-electron chi connectivity index (χ1n) is 6.19. The Hall–Kier alpha value is -1.87. The smallest absolute Gasteiger partial charge is 0.118 e. The van der Waals surface area contributed by atoms with Crippen LogP contribution in [0.5, 0.6) is 5.75 Å². The van der Waals surface area contributed by atoms with Crippen molar-refractivity contribution in [3.8, 4) is 5.75 Å². The number of benzene rings is 2. The zero-order valence-corrected chi connectivity index (χ0v) is 11.5. The summed E-state index contributed by atoms with van der Waals surface area (Å²) in [7, 11) is 1.68. The molecule has 1 aliphatic rings. The van der Waals surface area contributed by atoms with Gasteiger partial charge in [0.1, 0.15) is 5.75 Å². The number of nitrogens with one attached hydrogen (secondary N) is 1. The second-order valence-electron chi connectivity index (χ2n) is 4.31. The predicted octanol–water partition coefficient (Wildman–Crippen LogP) is 4.25. The Balaban J connectivity index is 1.68. The zero-order valence-electron chi connectivity index (χ0n) is 10.7. The molecule has 0 amide bonds. The Kier molecular flexibility index (Phi) is 3.47. The van der Waals surface area contributed by atoms with Gasteiger partial charge in [-0.3, -0.25) is 0 Å². The summed E-state index contributed by atoms with van der Waals surface area (Å²) in [5.41, 5.74) is 2.40. The van der Waals surface area contributed by atoms with Gasteiger partial charge >= 0.3 is 0 Å². The molecular weight excluding hydrogens is 254 g/mol. The van der Waals surface area contributed by atoms with E-state index in [1.807, 2.05) is 23.9 Å². The van der Waals surface area contributed by atoms with Crippen LogP contribution in [0.25, 0.3) is 6.08 Å². The van der Waals surface area contributed by atoms with Crippen LogP contribution in [0.15, 0.2) is 59.5 Å². The van der Waals surface area contributed by atoms with Crippen LogP contribution in [0.3, 0.4) is 0 Å². The molecule has 1 unspecified atom stereocenters. The van der Waals surface area contributed by atoms with Gasteiger partial charge in [-0.15, -0.1) is 0 Å². The van der Waals surface area contributed by atoms with Crippen molar-refractivity contribution >= 4 is 23.5 Å². The number of thioether (sulfide) groups is 1. The highest BCUT2D eigenvalue weighted by Gasteiger charge is 2.17. The summed E-state index contributed by atoms with van der Waals surface area (Å²) >= 11 is 1.84. The lowest BCUT2D eigenvalue weighted by atomic mass is 10.2. The van der Waals surface area contributed by atoms with Gasteiger partial charge in [-0.05, 0) is 29.8 Å². The number of methoxy groups -OCH3 is 1. The maximum Gasteiger partial charge on any atom is 0.118 e. The highest BCUT2D eigenvalue weighted by atomic mass is 32.2. The lowest BCUT2D eigenvalue weighted by Crippen LogP contribution is -2.05. The first-order valence-corrected chi connectivity index (χ1v) is 7.07. The van der Waals surface area contributed by atoms with E-state index in [4.69, 9.17) is 4.74 Å². The minimum atomic E-state index is 0.305. The maximum atomic E-state index is 5.15. The van der Waals surface area contributed by atoms with Crippen LogP contribution in [-0.2, 0) is 0 Å². The maximum absolute atomic E-state index is 5.15. The van der Waals surface area contributed by atoms with E-state index in [0.717, 1.165) is 5.75 Å². The van der Waals surface area contributed by atoms with E-state index < -0.39 is 0 Å². The van der Waals surface area contributed by atoms with Crippen LogP contribution >= 0.6 is 11.8 Å². The van der Waals surface area contributed by atoms with Crippen LogP contribution in [0.4, 0.5) is 5.69 Å². The van der Waals surface area contributed by atoms with Crippen LogP contribution in [-0.4, -0.2) is 12.5 Å². The van der Waals surface area contributed by atoms with Crippen molar-refractivity contribution in [3.63, 3.8) is 0 Å². The number of hydrogen-bond acceptors (Lipinski definition) is 3. The van der Waals surface area contributed by atoms with Gasteiger partial charge in [0.25, 0.3) is 0 Å². The summed E-state index contributed by atoms with van der Waals surface area (Å²) in [6.45, 7) is 0. The van der Waals surface area contributed by atoms with E-state index in [9.17, 15) is 0 Å². The fourth-order valence-electron chi connectivity index (χ4n) is 2.01. The molecule has 0 aromatic heterocycles. The fraction of sp³-hybridized carbons (Fsp3) is 0.125. The summed E-state index contributed by atoms with van der Waals surface area (Å²) in [5, 5.41) is 3.78. The average Bonchev–Trinajstić information content (AvgIpc) is 2.88. The lowest BCUT2D eigenvalue weighted by Gasteiger charge is -2.04. The molecule has 19 heavy (non-hydrogen) atoms. The highest BCUT2D eigenvalue weighted by molar-refractivity contribution is 8.00. The standard InChI is InChI=1S/C16H15NOS/c1-18-13-9-6-12(7-10-13)8-11-16-17-14-4-2-3-5-15(14)19-16/h2-11,16-17H,1H3/b11-8+. The monoisotopic (exact) mass is 269 g/mol. The fourth-order valence-corrected chi connectivity index (χ4v) is 3.04. The van der Waals surface area contributed by atoms with Crippen molar-refractivity contribution in [2.24, 2.45) is 0 Å². The Labute approximate surface area is 117 Å². The van der Waals surface area contributed by atoms with Gasteiger partial charge < -0.3 is 10.1 Å². The molecule has 2 nitrogen and oxygen atoms in total. The molecule has 0 radical (unpaired) electrons. The topological polar surface area (TPSA) is 21.3 Å². The molecule has 0 saturated heterocycles. The summed E-state index contributed by atoms with van der Waals surface area (Å²) in [6.07, 6.45) is 4.32. The molecule has 0 saturated carbocycles. The minimum Gasteiger partial charge on any atom is -0.497 e. The first-order chi connectivity index (χ1) is 9.35. The Bertz CT molecular complexity index is 567. The van der Waals surface area contributed by atoms with Crippen molar-refractivity contribution in [1.29, 1.82) is 0 Å². The second kappa shape index (κ2) is 5.41. The van der Waals surface area contributed by atoms with Crippen molar-refractivity contribution in [1.82, 2.24) is 0 Å². The van der Waals surface area contributed by atoms with Crippen molar-refractivity contribution in [2.45, 2.75) is 10.3 Å². The highest BCUT2D eigenvalue weighted by Crippen LogP contribution is 2.38. The third-order valence-corrected chi connectivity index (χ3v) is 4.16. The van der Waals surface area contributed by atoms with Gasteiger partial charge in [-0.25, -0.2) is 0 Å². The molecule has 0 bridgehead atoms. The van der Waals surface area contributed by atoms with Gasteiger partial charge in [-0.1, -0.05) is 48.2 Å². The van der Waals surface area contributed by atoms with Gasteiger partial charge in [0.2, 0.25) is 0 Å². The summed E-state index contributed by atoms with van der Waals surface area (Å²) in [4.78, 5) is 1.31. The molecule has 1 heterocycles. The normalized spacial score (nSPS) is 17.2. The van der Waals surface area contributed by atoms with E-state index in [2.05, 4.69) is 53.9 Å². The zero-order chi connectivity index (χ0) is 13.1. The van der Waals surface area contributed by atoms with Crippen LogP contribution < -0.4 is 10.1 Å². The lowest BCUT2D eigenvalue weighted by molar-refractivity contribution is 0.415. The summed E-state index contributed by atoms with van der Waals surface area (Å²) in [5.74, 6) is 0.887. The molecule has 3 heteroatoms. The van der Waals surface area contributed by atoms with Crippen molar-refractivity contribution in [3.05, 3.63) is 60.2 Å². The Morgan fingerprint density at radius 2 is 1.89 bits per heavy atom. The molecule has 0 fully saturated rings. The van der Waals surface area contributed by atoms with E-state index in [1.165, 1.54) is 16.1 Å². The van der Waals surface area contributed by atoms with E-state index >= 15 is 0 Å². The molecule has 1 N–H and O–H groups in total. The third kappa shape index (κ3) is 2.76.